The summed E-state index contributed by atoms with van der Waals surface area (Å²) in [7, 11) is -3.94. The Labute approximate surface area is 197 Å². The van der Waals surface area contributed by atoms with Gasteiger partial charge in [-0.05, 0) is 61.9 Å². The molecule has 0 radical (unpaired) electrons. The molecule has 0 fully saturated rings. The smallest absolute Gasteiger partial charge is 0.233 e. The second-order valence-corrected chi connectivity index (χ2v) is 9.45. The molecule has 0 aliphatic carbocycles. The minimum atomic E-state index is -3.94. The van der Waals surface area contributed by atoms with Gasteiger partial charge in [-0.3, -0.25) is 0 Å². The lowest BCUT2D eigenvalue weighted by atomic mass is 10.2. The number of nitrogens with one attached hydrogen (secondary N) is 1. The molecular formula is C23H23ClN4O4S. The number of hydrogen-bond acceptors (Lipinski definition) is 7. The molecule has 2 aromatic carbocycles. The first-order valence-electron chi connectivity index (χ1n) is 10.4. The average Bonchev–Trinajstić information content (AvgIpc) is 3.48. The molecule has 172 valence electrons. The molecule has 2 heterocycles. The highest BCUT2D eigenvalue weighted by atomic mass is 35.5. The van der Waals surface area contributed by atoms with Crippen LogP contribution in [-0.4, -0.2) is 36.1 Å². The predicted molar refractivity (Wildman–Crippen MR) is 125 cm³/mol. The molecule has 0 saturated heterocycles. The zero-order valence-electron chi connectivity index (χ0n) is 17.9. The summed E-state index contributed by atoms with van der Waals surface area (Å²) in [4.78, 5) is 8.45. The lowest BCUT2D eigenvalue weighted by Crippen LogP contribution is -2.10. The number of rotatable bonds is 10. The lowest BCUT2D eigenvalue weighted by Gasteiger charge is -2.07. The number of nitrogens with zero attached hydrogens (tertiary/aromatic N) is 3. The molecule has 0 saturated carbocycles. The van der Waals surface area contributed by atoms with Crippen LogP contribution >= 0.6 is 11.6 Å². The van der Waals surface area contributed by atoms with Crippen LogP contribution in [0.4, 0.5) is 5.88 Å². The van der Waals surface area contributed by atoms with E-state index in [0.29, 0.717) is 29.5 Å². The van der Waals surface area contributed by atoms with Crippen LogP contribution in [0.1, 0.15) is 13.3 Å². The van der Waals surface area contributed by atoms with Crippen molar-refractivity contribution >= 4 is 27.3 Å². The molecule has 0 bridgehead atoms. The van der Waals surface area contributed by atoms with Gasteiger partial charge in [-0.2, -0.15) is 4.98 Å². The van der Waals surface area contributed by atoms with Gasteiger partial charge < -0.3 is 19.0 Å². The van der Waals surface area contributed by atoms with Crippen LogP contribution in [0, 0.1) is 0 Å². The molecule has 0 aliphatic heterocycles. The molecule has 2 aromatic heterocycles. The number of hydrogen-bond donors (Lipinski definition) is 1. The minimum Gasteiger partial charge on any atom is -0.494 e. The summed E-state index contributed by atoms with van der Waals surface area (Å²) in [6.45, 7) is 3.67. The molecular weight excluding hydrogens is 464 g/mol. The fourth-order valence-electron chi connectivity index (χ4n) is 3.19. The van der Waals surface area contributed by atoms with Crippen molar-refractivity contribution in [1.82, 2.24) is 14.5 Å². The quantitative estimate of drug-likeness (QED) is 0.317. The first-order valence-corrected chi connectivity index (χ1v) is 12.3. The Morgan fingerprint density at radius 2 is 1.88 bits per heavy atom. The van der Waals surface area contributed by atoms with Gasteiger partial charge >= 0.3 is 0 Å². The van der Waals surface area contributed by atoms with Crippen LogP contribution in [0.2, 0.25) is 5.02 Å². The Bertz CT molecular complexity index is 1290. The van der Waals surface area contributed by atoms with Gasteiger partial charge in [0.15, 0.2) is 0 Å². The molecule has 10 heteroatoms. The van der Waals surface area contributed by atoms with Crippen molar-refractivity contribution in [1.29, 1.82) is 0 Å². The third-order valence-electron chi connectivity index (χ3n) is 4.82. The Morgan fingerprint density at radius 3 is 2.55 bits per heavy atom. The van der Waals surface area contributed by atoms with Gasteiger partial charge in [0.1, 0.15) is 5.75 Å². The first-order chi connectivity index (χ1) is 16.0. The molecule has 0 spiro atoms. The van der Waals surface area contributed by atoms with E-state index in [1.807, 2.05) is 17.7 Å². The molecule has 33 heavy (non-hydrogen) atoms. The zero-order chi connectivity index (χ0) is 23.3. The van der Waals surface area contributed by atoms with Crippen molar-refractivity contribution < 1.29 is 17.6 Å². The van der Waals surface area contributed by atoms with Crippen LogP contribution < -0.4 is 10.1 Å². The zero-order valence-corrected chi connectivity index (χ0v) is 19.5. The van der Waals surface area contributed by atoms with Crippen molar-refractivity contribution in [2.24, 2.45) is 0 Å². The molecule has 1 N–H and O–H groups in total. The lowest BCUT2D eigenvalue weighted by molar-refractivity contribution is 0.340. The summed E-state index contributed by atoms with van der Waals surface area (Å²) in [5, 5.41) is 3.37. The van der Waals surface area contributed by atoms with E-state index in [2.05, 4.69) is 15.3 Å². The highest BCUT2D eigenvalue weighted by molar-refractivity contribution is 7.91. The molecule has 0 amide bonds. The number of imidazole rings is 1. The highest BCUT2D eigenvalue weighted by Gasteiger charge is 2.28. The minimum absolute atomic E-state index is 0.0832. The fraction of sp³-hybridized carbons (Fsp3) is 0.217. The average molecular weight is 487 g/mol. The van der Waals surface area contributed by atoms with Crippen molar-refractivity contribution in [2.75, 3.05) is 18.5 Å². The Morgan fingerprint density at radius 1 is 1.12 bits per heavy atom. The summed E-state index contributed by atoms with van der Waals surface area (Å²) in [5.74, 6) is 1.00. The number of anilines is 1. The second-order valence-electron chi connectivity index (χ2n) is 7.15. The standard InChI is InChI=1S/C23H23ClN4O4S/c1-2-31-19-8-4-17(5-9-19)21-27-23(33(29,30)20-10-6-18(24)7-11-20)22(32-21)26-12-3-14-28-15-13-25-16-28/h4-11,13,15-16,26H,2-3,12,14H2,1H3. The monoisotopic (exact) mass is 486 g/mol. The second kappa shape index (κ2) is 10.1. The number of aromatic nitrogens is 3. The number of aryl methyl sites for hydroxylation is 1. The molecule has 4 rings (SSSR count). The van der Waals surface area contributed by atoms with E-state index in [-0.39, 0.29) is 21.7 Å². The highest BCUT2D eigenvalue weighted by Crippen LogP contribution is 2.33. The van der Waals surface area contributed by atoms with Crippen LogP contribution in [-0.2, 0) is 16.4 Å². The van der Waals surface area contributed by atoms with E-state index in [9.17, 15) is 8.42 Å². The summed E-state index contributed by atoms with van der Waals surface area (Å²) in [6, 6.07) is 13.1. The predicted octanol–water partition coefficient (Wildman–Crippen LogP) is 4.93. The summed E-state index contributed by atoms with van der Waals surface area (Å²) < 4.78 is 40.0. The van der Waals surface area contributed by atoms with Crippen molar-refractivity contribution in [2.45, 2.75) is 29.8 Å². The maximum absolute atomic E-state index is 13.3. The summed E-state index contributed by atoms with van der Waals surface area (Å²) in [5.41, 5.74) is 0.637. The normalized spacial score (nSPS) is 11.5. The first kappa shape index (κ1) is 22.9. The number of oxazole rings is 1. The van der Waals surface area contributed by atoms with Crippen molar-refractivity contribution in [3.05, 3.63) is 72.3 Å². The Balaban J connectivity index is 1.62. The summed E-state index contributed by atoms with van der Waals surface area (Å²) >= 11 is 5.93. The van der Waals surface area contributed by atoms with Crippen LogP contribution in [0.5, 0.6) is 5.75 Å². The summed E-state index contributed by atoms with van der Waals surface area (Å²) in [6.07, 6.45) is 6.05. The van der Waals surface area contributed by atoms with Gasteiger partial charge in [0, 0.05) is 36.1 Å². The van der Waals surface area contributed by atoms with Crippen molar-refractivity contribution in [3.8, 4) is 17.2 Å². The van der Waals surface area contributed by atoms with Crippen LogP contribution in [0.15, 0.2) is 81.6 Å². The molecule has 0 aliphatic rings. The van der Waals surface area contributed by atoms with E-state index in [1.54, 1.807) is 36.8 Å². The number of ether oxygens (including phenoxy) is 1. The van der Waals surface area contributed by atoms with E-state index >= 15 is 0 Å². The molecule has 0 unspecified atom stereocenters. The number of halogens is 1. The topological polar surface area (TPSA) is 99.2 Å². The Hall–Kier alpha value is -3.30. The van der Waals surface area contributed by atoms with E-state index in [4.69, 9.17) is 20.8 Å². The van der Waals surface area contributed by atoms with Gasteiger partial charge in [0.2, 0.25) is 26.6 Å². The van der Waals surface area contributed by atoms with Crippen LogP contribution in [0.25, 0.3) is 11.5 Å². The Kier molecular flexibility index (Phi) is 7.00. The van der Waals surface area contributed by atoms with E-state index < -0.39 is 9.84 Å². The van der Waals surface area contributed by atoms with Gasteiger partial charge in [0.05, 0.1) is 17.8 Å². The van der Waals surface area contributed by atoms with Gasteiger partial charge in [0.25, 0.3) is 0 Å². The van der Waals surface area contributed by atoms with Crippen LogP contribution in [0.3, 0.4) is 0 Å². The van der Waals surface area contributed by atoms with Gasteiger partial charge in [-0.1, -0.05) is 11.6 Å². The van der Waals surface area contributed by atoms with Gasteiger partial charge in [-0.15, -0.1) is 0 Å². The van der Waals surface area contributed by atoms with E-state index in [0.717, 1.165) is 13.0 Å². The fourth-order valence-corrected chi connectivity index (χ4v) is 4.60. The third kappa shape index (κ3) is 5.37. The number of sulfone groups is 1. The molecule has 4 aromatic rings. The molecule has 0 atom stereocenters. The maximum atomic E-state index is 13.3. The van der Waals surface area contributed by atoms with Gasteiger partial charge in [-0.25, -0.2) is 13.4 Å². The third-order valence-corrected chi connectivity index (χ3v) is 6.76. The largest absolute Gasteiger partial charge is 0.494 e. The number of benzene rings is 2. The van der Waals surface area contributed by atoms with E-state index in [1.165, 1.54) is 24.3 Å². The SMILES string of the molecule is CCOc1ccc(-c2nc(S(=O)(=O)c3ccc(Cl)cc3)c(NCCCn3ccnc3)o2)cc1. The molecule has 8 nitrogen and oxygen atoms in total. The van der Waals surface area contributed by atoms with Crippen molar-refractivity contribution in [3.63, 3.8) is 0 Å². The maximum Gasteiger partial charge on any atom is 0.233 e.